The summed E-state index contributed by atoms with van der Waals surface area (Å²) in [6, 6.07) is 23.9. The molecule has 3 aromatic rings. The number of rotatable bonds is 7. The van der Waals surface area contributed by atoms with E-state index in [1.807, 2.05) is 6.07 Å². The summed E-state index contributed by atoms with van der Waals surface area (Å²) < 4.78 is 2.37. The fourth-order valence-corrected chi connectivity index (χ4v) is 5.32. The first kappa shape index (κ1) is 23.9. The van der Waals surface area contributed by atoms with E-state index in [2.05, 4.69) is 105 Å². The maximum Gasteiger partial charge on any atom is 0.0208 e. The van der Waals surface area contributed by atoms with Gasteiger partial charge in [0.2, 0.25) is 0 Å². The monoisotopic (exact) mass is 450 g/mol. The largest absolute Gasteiger partial charge is 0.404 e. The Kier molecular flexibility index (Phi) is 7.57. The van der Waals surface area contributed by atoms with Gasteiger partial charge in [0.1, 0.15) is 0 Å². The van der Waals surface area contributed by atoms with Crippen LogP contribution in [0.4, 0.5) is 0 Å². The molecule has 0 fully saturated rings. The molecule has 0 saturated heterocycles. The van der Waals surface area contributed by atoms with Crippen molar-refractivity contribution in [3.8, 4) is 0 Å². The van der Waals surface area contributed by atoms with Crippen molar-refractivity contribution in [1.82, 2.24) is 4.57 Å². The molecule has 2 N–H and O–H groups in total. The molecule has 0 aliphatic heterocycles. The third-order valence-electron chi connectivity index (χ3n) is 7.66. The molecular formula is C32H38N2. The van der Waals surface area contributed by atoms with Gasteiger partial charge in [-0.15, -0.1) is 0 Å². The SMILES string of the molecule is CC1=CCC(c2ccc(C)n2C)C[C@@H]1Cc1ccccc1C/C=C(C)\C(=C/N)c1ccccc1. The second-order valence-corrected chi connectivity index (χ2v) is 9.78. The van der Waals surface area contributed by atoms with Gasteiger partial charge in [0.25, 0.3) is 0 Å². The summed E-state index contributed by atoms with van der Waals surface area (Å²) in [5, 5.41) is 0. The first-order valence-electron chi connectivity index (χ1n) is 12.5. The van der Waals surface area contributed by atoms with E-state index in [0.29, 0.717) is 11.8 Å². The summed E-state index contributed by atoms with van der Waals surface area (Å²) in [4.78, 5) is 0. The van der Waals surface area contributed by atoms with Gasteiger partial charge >= 0.3 is 0 Å². The van der Waals surface area contributed by atoms with Gasteiger partial charge in [0.15, 0.2) is 0 Å². The molecule has 2 nitrogen and oxygen atoms in total. The summed E-state index contributed by atoms with van der Waals surface area (Å²) in [5.74, 6) is 1.19. The number of nitrogens with zero attached hydrogens (tertiary/aromatic N) is 1. The molecule has 0 spiro atoms. The predicted octanol–water partition coefficient (Wildman–Crippen LogP) is 7.50. The van der Waals surface area contributed by atoms with E-state index >= 15 is 0 Å². The molecule has 1 unspecified atom stereocenters. The predicted molar refractivity (Wildman–Crippen MR) is 146 cm³/mol. The summed E-state index contributed by atoms with van der Waals surface area (Å²) in [6.45, 7) is 6.68. The summed E-state index contributed by atoms with van der Waals surface area (Å²) >= 11 is 0. The minimum Gasteiger partial charge on any atom is -0.404 e. The van der Waals surface area contributed by atoms with Crippen LogP contribution >= 0.6 is 0 Å². The van der Waals surface area contributed by atoms with E-state index in [-0.39, 0.29) is 0 Å². The minimum absolute atomic E-state index is 0.587. The maximum atomic E-state index is 6.01. The Bertz CT molecular complexity index is 1210. The van der Waals surface area contributed by atoms with Gasteiger partial charge in [-0.25, -0.2) is 0 Å². The third-order valence-corrected chi connectivity index (χ3v) is 7.66. The fourth-order valence-electron chi connectivity index (χ4n) is 5.32. The van der Waals surface area contributed by atoms with Crippen LogP contribution in [-0.4, -0.2) is 4.57 Å². The molecule has 34 heavy (non-hydrogen) atoms. The van der Waals surface area contributed by atoms with Gasteiger partial charge < -0.3 is 10.3 Å². The quantitative estimate of drug-likeness (QED) is 0.293. The van der Waals surface area contributed by atoms with Crippen molar-refractivity contribution in [2.24, 2.45) is 18.7 Å². The molecule has 1 heterocycles. The standard InChI is InChI=1S/C32H38N2/c1-23-14-18-29(32-19-16-25(3)34(32)4)21-30(23)20-28-13-9-8-10-26(28)17-15-24(2)31(22-33)27-11-6-5-7-12-27/h5-16,19,22,29-30H,17-18,20-21,33H2,1-4H3/b24-15-,31-22+/t29?,30-/m0/s1. The van der Waals surface area contributed by atoms with E-state index in [0.717, 1.165) is 30.4 Å². The van der Waals surface area contributed by atoms with Crippen LogP contribution in [0.5, 0.6) is 0 Å². The van der Waals surface area contributed by atoms with Gasteiger partial charge in [0.05, 0.1) is 0 Å². The molecule has 4 rings (SSSR count). The highest BCUT2D eigenvalue weighted by molar-refractivity contribution is 5.78. The van der Waals surface area contributed by atoms with Crippen molar-refractivity contribution in [2.75, 3.05) is 0 Å². The molecule has 0 saturated carbocycles. The Hall–Kier alpha value is -3.26. The zero-order chi connectivity index (χ0) is 24.1. The fraction of sp³-hybridized carbons (Fsp3) is 0.312. The van der Waals surface area contributed by atoms with Crippen molar-refractivity contribution >= 4 is 5.57 Å². The van der Waals surface area contributed by atoms with Crippen molar-refractivity contribution in [1.29, 1.82) is 0 Å². The van der Waals surface area contributed by atoms with Gasteiger partial charge in [0, 0.05) is 30.6 Å². The Morgan fingerprint density at radius 1 is 0.971 bits per heavy atom. The topological polar surface area (TPSA) is 30.9 Å². The third kappa shape index (κ3) is 5.28. The second-order valence-electron chi connectivity index (χ2n) is 9.78. The Morgan fingerprint density at radius 3 is 2.35 bits per heavy atom. The molecule has 0 radical (unpaired) electrons. The molecular weight excluding hydrogens is 412 g/mol. The van der Waals surface area contributed by atoms with Crippen molar-refractivity contribution in [3.05, 3.63) is 124 Å². The second kappa shape index (κ2) is 10.8. The summed E-state index contributed by atoms with van der Waals surface area (Å²) in [7, 11) is 2.20. The Balaban J connectivity index is 1.51. The Labute approximate surface area is 205 Å². The molecule has 2 aromatic carbocycles. The van der Waals surface area contributed by atoms with Gasteiger partial charge in [-0.2, -0.15) is 0 Å². The highest BCUT2D eigenvalue weighted by Crippen LogP contribution is 2.38. The molecule has 1 aromatic heterocycles. The van der Waals surface area contributed by atoms with Gasteiger partial charge in [-0.1, -0.05) is 72.3 Å². The highest BCUT2D eigenvalue weighted by Gasteiger charge is 2.25. The van der Waals surface area contributed by atoms with Crippen molar-refractivity contribution in [3.63, 3.8) is 0 Å². The smallest absolute Gasteiger partial charge is 0.0208 e. The van der Waals surface area contributed by atoms with Crippen LogP contribution in [0.25, 0.3) is 5.57 Å². The number of nitrogens with two attached hydrogens (primary N) is 1. The Morgan fingerprint density at radius 2 is 1.68 bits per heavy atom. The lowest BCUT2D eigenvalue weighted by Gasteiger charge is -2.30. The first-order chi connectivity index (χ1) is 16.5. The number of hydrogen-bond donors (Lipinski definition) is 1. The zero-order valence-corrected chi connectivity index (χ0v) is 21.1. The first-order valence-corrected chi connectivity index (χ1v) is 12.5. The molecule has 176 valence electrons. The average molecular weight is 451 g/mol. The zero-order valence-electron chi connectivity index (χ0n) is 21.1. The molecule has 0 bridgehead atoms. The normalized spacial score (nSPS) is 19.2. The van der Waals surface area contributed by atoms with E-state index in [1.165, 1.54) is 34.5 Å². The van der Waals surface area contributed by atoms with E-state index in [4.69, 9.17) is 5.73 Å². The average Bonchev–Trinajstić information content (AvgIpc) is 3.19. The van der Waals surface area contributed by atoms with E-state index in [1.54, 1.807) is 11.8 Å². The highest BCUT2D eigenvalue weighted by atomic mass is 15.0. The van der Waals surface area contributed by atoms with Crippen LogP contribution in [0.15, 0.2) is 96.2 Å². The van der Waals surface area contributed by atoms with Crippen LogP contribution in [0, 0.1) is 12.8 Å². The van der Waals surface area contributed by atoms with Crippen LogP contribution in [0.2, 0.25) is 0 Å². The minimum atomic E-state index is 0.587. The molecule has 2 heteroatoms. The van der Waals surface area contributed by atoms with Crippen LogP contribution in [-0.2, 0) is 19.9 Å². The number of hydrogen-bond acceptors (Lipinski definition) is 1. The van der Waals surface area contributed by atoms with Crippen LogP contribution in [0.3, 0.4) is 0 Å². The van der Waals surface area contributed by atoms with Crippen molar-refractivity contribution in [2.45, 2.75) is 52.4 Å². The molecule has 0 amide bonds. The lowest BCUT2D eigenvalue weighted by molar-refractivity contribution is 0.444. The lowest BCUT2D eigenvalue weighted by Crippen LogP contribution is -2.18. The number of allylic oxidation sites excluding steroid dienone is 5. The van der Waals surface area contributed by atoms with Crippen molar-refractivity contribution < 1.29 is 0 Å². The van der Waals surface area contributed by atoms with E-state index in [9.17, 15) is 0 Å². The lowest BCUT2D eigenvalue weighted by atomic mass is 9.77. The molecule has 1 aliphatic rings. The van der Waals surface area contributed by atoms with E-state index < -0.39 is 0 Å². The maximum absolute atomic E-state index is 6.01. The van der Waals surface area contributed by atoms with Crippen LogP contribution in [0.1, 0.15) is 60.7 Å². The van der Waals surface area contributed by atoms with Gasteiger partial charge in [-0.05, 0) is 92.3 Å². The summed E-state index contributed by atoms with van der Waals surface area (Å²) in [6.07, 6.45) is 10.9. The summed E-state index contributed by atoms with van der Waals surface area (Å²) in [5.41, 5.74) is 16.7. The van der Waals surface area contributed by atoms with Crippen LogP contribution < -0.4 is 5.73 Å². The number of benzene rings is 2. The molecule has 2 atom stereocenters. The van der Waals surface area contributed by atoms with Gasteiger partial charge in [-0.3, -0.25) is 0 Å². The number of aromatic nitrogens is 1. The molecule has 1 aliphatic carbocycles. The number of aryl methyl sites for hydroxylation is 1.